The molecule has 3 aromatic rings. The first kappa shape index (κ1) is 16.2. The van der Waals surface area contributed by atoms with E-state index in [1.807, 2.05) is 41.5 Å². The van der Waals surface area contributed by atoms with Gasteiger partial charge in [-0.2, -0.15) is 10.1 Å². The molecular weight excluding hydrogens is 308 g/mol. The van der Waals surface area contributed by atoms with Crippen LogP contribution < -0.4 is 10.9 Å². The predicted molar refractivity (Wildman–Crippen MR) is 91.2 cm³/mol. The van der Waals surface area contributed by atoms with Crippen molar-refractivity contribution >= 4 is 17.0 Å². The molecule has 0 aliphatic carbocycles. The summed E-state index contributed by atoms with van der Waals surface area (Å²) in [6.45, 7) is 11.8. The lowest BCUT2D eigenvalue weighted by Crippen LogP contribution is -2.24. The van der Waals surface area contributed by atoms with Gasteiger partial charge in [-0.15, -0.1) is 0 Å². The van der Waals surface area contributed by atoms with Gasteiger partial charge in [0, 0.05) is 5.56 Å². The Morgan fingerprint density at radius 1 is 1.33 bits per heavy atom. The van der Waals surface area contributed by atoms with Crippen LogP contribution in [0.1, 0.15) is 50.8 Å². The number of anilines is 1. The number of hydrogen-bond acceptors (Lipinski definition) is 6. The molecule has 0 radical (unpaired) electrons. The zero-order valence-electron chi connectivity index (χ0n) is 14.8. The Labute approximate surface area is 139 Å². The van der Waals surface area contributed by atoms with Crippen molar-refractivity contribution in [2.24, 2.45) is 0 Å². The fourth-order valence-corrected chi connectivity index (χ4v) is 2.86. The second-order valence-corrected chi connectivity index (χ2v) is 6.98. The highest BCUT2D eigenvalue weighted by atomic mass is 16.5. The number of aryl methyl sites for hydroxylation is 2. The van der Waals surface area contributed by atoms with E-state index < -0.39 is 0 Å². The van der Waals surface area contributed by atoms with Crippen molar-refractivity contribution in [3.63, 3.8) is 0 Å². The summed E-state index contributed by atoms with van der Waals surface area (Å²) in [5.41, 5.74) is 1.84. The molecule has 3 aromatic heterocycles. The number of hydrogen-bond donors (Lipinski definition) is 2. The highest BCUT2D eigenvalue weighted by Crippen LogP contribution is 2.24. The van der Waals surface area contributed by atoms with E-state index in [1.54, 1.807) is 10.9 Å². The normalized spacial score (nSPS) is 13.4. The van der Waals surface area contributed by atoms with Crippen molar-refractivity contribution in [1.82, 2.24) is 24.9 Å². The number of aromatic amines is 1. The maximum atomic E-state index is 12.3. The first-order valence-corrected chi connectivity index (χ1v) is 7.86. The first-order valence-electron chi connectivity index (χ1n) is 7.86. The van der Waals surface area contributed by atoms with E-state index >= 15 is 0 Å². The summed E-state index contributed by atoms with van der Waals surface area (Å²) in [5, 5.41) is 12.0. The summed E-state index contributed by atoms with van der Waals surface area (Å²) in [4.78, 5) is 19.6. The van der Waals surface area contributed by atoms with Gasteiger partial charge in [-0.25, -0.2) is 4.68 Å². The van der Waals surface area contributed by atoms with Crippen LogP contribution in [0.15, 0.2) is 15.5 Å². The summed E-state index contributed by atoms with van der Waals surface area (Å²) >= 11 is 0. The van der Waals surface area contributed by atoms with Crippen LogP contribution in [-0.4, -0.2) is 24.9 Å². The molecule has 0 spiro atoms. The SMILES string of the molecule is Cc1noc(C)c1C(C)Nc1nc2c(cnn2C(C)(C)C)c(=O)[nH]1. The Kier molecular flexibility index (Phi) is 3.70. The minimum absolute atomic E-state index is 0.108. The molecule has 0 aliphatic heterocycles. The summed E-state index contributed by atoms with van der Waals surface area (Å²) < 4.78 is 6.96. The van der Waals surface area contributed by atoms with Crippen LogP contribution >= 0.6 is 0 Å². The summed E-state index contributed by atoms with van der Waals surface area (Å²) in [5.74, 6) is 1.14. The Hall–Kier alpha value is -2.64. The monoisotopic (exact) mass is 330 g/mol. The molecule has 0 saturated carbocycles. The largest absolute Gasteiger partial charge is 0.361 e. The van der Waals surface area contributed by atoms with Crippen LogP contribution in [0.2, 0.25) is 0 Å². The Balaban J connectivity index is 2.03. The number of fused-ring (bicyclic) bond motifs is 1. The van der Waals surface area contributed by atoms with E-state index in [0.717, 1.165) is 17.0 Å². The Morgan fingerprint density at radius 2 is 2.04 bits per heavy atom. The molecule has 1 atom stereocenters. The molecule has 2 N–H and O–H groups in total. The van der Waals surface area contributed by atoms with Crippen LogP contribution in [0, 0.1) is 13.8 Å². The molecule has 8 nitrogen and oxygen atoms in total. The maximum Gasteiger partial charge on any atom is 0.263 e. The van der Waals surface area contributed by atoms with Gasteiger partial charge in [0.1, 0.15) is 11.1 Å². The quantitative estimate of drug-likeness (QED) is 0.765. The van der Waals surface area contributed by atoms with Crippen molar-refractivity contribution in [3.05, 3.63) is 33.6 Å². The zero-order chi connectivity index (χ0) is 17.6. The molecule has 8 heteroatoms. The van der Waals surface area contributed by atoms with Gasteiger partial charge in [-0.05, 0) is 41.5 Å². The molecule has 0 amide bonds. The minimum atomic E-state index is -0.271. The van der Waals surface area contributed by atoms with Gasteiger partial charge < -0.3 is 9.84 Å². The van der Waals surface area contributed by atoms with Crippen molar-refractivity contribution < 1.29 is 4.52 Å². The number of nitrogens with one attached hydrogen (secondary N) is 2. The lowest BCUT2D eigenvalue weighted by molar-refractivity contribution is 0.366. The molecule has 3 rings (SSSR count). The van der Waals surface area contributed by atoms with Crippen LogP contribution in [0.4, 0.5) is 5.95 Å². The van der Waals surface area contributed by atoms with Crippen molar-refractivity contribution in [2.75, 3.05) is 5.32 Å². The fourth-order valence-electron chi connectivity index (χ4n) is 2.86. The van der Waals surface area contributed by atoms with Gasteiger partial charge in [0.2, 0.25) is 5.95 Å². The fraction of sp³-hybridized carbons (Fsp3) is 0.500. The van der Waals surface area contributed by atoms with Crippen LogP contribution in [0.5, 0.6) is 0 Å². The second kappa shape index (κ2) is 5.47. The molecule has 1 unspecified atom stereocenters. The Bertz CT molecular complexity index is 924. The van der Waals surface area contributed by atoms with Crippen LogP contribution in [0.25, 0.3) is 11.0 Å². The zero-order valence-corrected chi connectivity index (χ0v) is 14.8. The van der Waals surface area contributed by atoms with Gasteiger partial charge in [0.05, 0.1) is 23.5 Å². The third kappa shape index (κ3) is 2.68. The molecule has 0 aromatic carbocycles. The number of rotatable bonds is 3. The topological polar surface area (TPSA) is 102 Å². The third-order valence-corrected chi connectivity index (χ3v) is 3.95. The smallest absolute Gasteiger partial charge is 0.263 e. The number of H-pyrrole nitrogens is 1. The number of nitrogens with zero attached hydrogens (tertiary/aromatic N) is 4. The van der Waals surface area contributed by atoms with Gasteiger partial charge in [0.25, 0.3) is 5.56 Å². The van der Waals surface area contributed by atoms with Gasteiger partial charge in [0.15, 0.2) is 5.65 Å². The van der Waals surface area contributed by atoms with E-state index in [4.69, 9.17) is 4.52 Å². The molecule has 3 heterocycles. The second-order valence-electron chi connectivity index (χ2n) is 6.98. The highest BCUT2D eigenvalue weighted by Gasteiger charge is 2.21. The first-order chi connectivity index (χ1) is 11.2. The van der Waals surface area contributed by atoms with Crippen molar-refractivity contribution in [2.45, 2.75) is 53.1 Å². The predicted octanol–water partition coefficient (Wildman–Crippen LogP) is 2.65. The van der Waals surface area contributed by atoms with Crippen molar-refractivity contribution in [1.29, 1.82) is 0 Å². The van der Waals surface area contributed by atoms with Crippen molar-refractivity contribution in [3.8, 4) is 0 Å². The van der Waals surface area contributed by atoms with E-state index in [2.05, 4.69) is 25.5 Å². The summed E-state index contributed by atoms with van der Waals surface area (Å²) in [6.07, 6.45) is 1.55. The summed E-state index contributed by atoms with van der Waals surface area (Å²) in [6, 6.07) is -0.108. The maximum absolute atomic E-state index is 12.3. The molecular formula is C16H22N6O2. The third-order valence-electron chi connectivity index (χ3n) is 3.95. The van der Waals surface area contributed by atoms with E-state index in [-0.39, 0.29) is 17.1 Å². The molecule has 0 aliphatic rings. The molecule has 0 saturated heterocycles. The molecule has 0 fully saturated rings. The van der Waals surface area contributed by atoms with Gasteiger partial charge >= 0.3 is 0 Å². The van der Waals surface area contributed by atoms with Gasteiger partial charge in [-0.1, -0.05) is 5.16 Å². The van der Waals surface area contributed by atoms with Crippen LogP contribution in [0.3, 0.4) is 0 Å². The standard InChI is InChI=1S/C16H22N6O2/c1-8(12-9(2)21-24-10(12)3)18-15-19-13-11(14(23)20-15)7-17-22(13)16(4,5)6/h7-8H,1-6H3,(H2,18,19,20,23). The highest BCUT2D eigenvalue weighted by molar-refractivity contribution is 5.74. The lowest BCUT2D eigenvalue weighted by Gasteiger charge is -2.20. The lowest BCUT2D eigenvalue weighted by atomic mass is 10.1. The number of aromatic nitrogens is 5. The van der Waals surface area contributed by atoms with Gasteiger partial charge in [-0.3, -0.25) is 9.78 Å². The van der Waals surface area contributed by atoms with E-state index in [0.29, 0.717) is 17.0 Å². The van der Waals surface area contributed by atoms with E-state index in [9.17, 15) is 4.79 Å². The van der Waals surface area contributed by atoms with E-state index in [1.165, 1.54) is 0 Å². The Morgan fingerprint density at radius 3 is 2.62 bits per heavy atom. The minimum Gasteiger partial charge on any atom is -0.361 e. The average Bonchev–Trinajstić information content (AvgIpc) is 3.02. The molecule has 0 bridgehead atoms. The van der Waals surface area contributed by atoms with Crippen LogP contribution in [-0.2, 0) is 5.54 Å². The molecule has 128 valence electrons. The summed E-state index contributed by atoms with van der Waals surface area (Å²) in [7, 11) is 0. The molecule has 24 heavy (non-hydrogen) atoms. The average molecular weight is 330 g/mol.